The Bertz CT molecular complexity index is 295. The van der Waals surface area contributed by atoms with Gasteiger partial charge in [-0.25, -0.2) is 9.78 Å². The van der Waals surface area contributed by atoms with E-state index >= 15 is 0 Å². The van der Waals surface area contributed by atoms with Crippen LogP contribution in [0.4, 0.5) is 0 Å². The molecule has 0 radical (unpaired) electrons. The van der Waals surface area contributed by atoms with Crippen molar-refractivity contribution in [2.45, 2.75) is 20.0 Å². The zero-order valence-corrected chi connectivity index (χ0v) is 7.44. The van der Waals surface area contributed by atoms with Gasteiger partial charge in [-0.2, -0.15) is 0 Å². The van der Waals surface area contributed by atoms with E-state index < -0.39 is 12.1 Å². The van der Waals surface area contributed by atoms with Crippen molar-refractivity contribution in [2.24, 2.45) is 0 Å². The summed E-state index contributed by atoms with van der Waals surface area (Å²) in [5, 5.41) is 15.1. The SMILES string of the molecule is CCOC(=O)c1n[nH]c([C@H](C)O)n1. The standard InChI is InChI=1S/C7H11N3O3/c1-3-13-7(12)6-8-5(4(2)11)9-10-6/h4,11H,3H2,1-2H3,(H,8,9,10)/t4-/m0/s1. The zero-order valence-electron chi connectivity index (χ0n) is 7.44. The van der Waals surface area contributed by atoms with E-state index in [1.807, 2.05) is 0 Å². The summed E-state index contributed by atoms with van der Waals surface area (Å²) in [5.41, 5.74) is 0. The summed E-state index contributed by atoms with van der Waals surface area (Å²) in [4.78, 5) is 14.8. The molecule has 1 aromatic rings. The number of ether oxygens (including phenoxy) is 1. The number of hydrogen-bond acceptors (Lipinski definition) is 5. The maximum absolute atomic E-state index is 11.0. The maximum atomic E-state index is 11.0. The van der Waals surface area contributed by atoms with Gasteiger partial charge in [0.15, 0.2) is 5.82 Å². The van der Waals surface area contributed by atoms with Crippen molar-refractivity contribution >= 4 is 5.97 Å². The summed E-state index contributed by atoms with van der Waals surface area (Å²) in [6.45, 7) is 3.49. The van der Waals surface area contributed by atoms with Crippen molar-refractivity contribution in [3.63, 3.8) is 0 Å². The number of aromatic nitrogens is 3. The number of hydrogen-bond donors (Lipinski definition) is 2. The minimum atomic E-state index is -0.768. The number of esters is 1. The number of carbonyl (C=O) groups is 1. The highest BCUT2D eigenvalue weighted by Crippen LogP contribution is 2.05. The van der Waals surface area contributed by atoms with Crippen molar-refractivity contribution < 1.29 is 14.6 Å². The Kier molecular flexibility index (Phi) is 2.97. The Morgan fingerprint density at radius 3 is 2.92 bits per heavy atom. The molecular formula is C7H11N3O3. The minimum Gasteiger partial charge on any atom is -0.460 e. The average Bonchev–Trinajstić information content (AvgIpc) is 2.52. The molecular weight excluding hydrogens is 174 g/mol. The number of aromatic amines is 1. The molecule has 0 saturated carbocycles. The van der Waals surface area contributed by atoms with Crippen LogP contribution in [-0.4, -0.2) is 32.9 Å². The van der Waals surface area contributed by atoms with E-state index in [0.29, 0.717) is 0 Å². The fraction of sp³-hybridized carbons (Fsp3) is 0.571. The second-order valence-corrected chi connectivity index (χ2v) is 2.44. The molecule has 0 fully saturated rings. The second kappa shape index (κ2) is 3.99. The van der Waals surface area contributed by atoms with Gasteiger partial charge in [0.25, 0.3) is 5.82 Å². The summed E-state index contributed by atoms with van der Waals surface area (Å²) in [6, 6.07) is 0. The normalized spacial score (nSPS) is 12.5. The van der Waals surface area contributed by atoms with Crippen LogP contribution < -0.4 is 0 Å². The largest absolute Gasteiger partial charge is 0.460 e. The molecule has 1 atom stereocenters. The first-order valence-electron chi connectivity index (χ1n) is 3.92. The lowest BCUT2D eigenvalue weighted by Crippen LogP contribution is -2.06. The molecule has 1 aromatic heterocycles. The highest BCUT2D eigenvalue weighted by molar-refractivity contribution is 5.84. The lowest BCUT2D eigenvalue weighted by molar-refractivity contribution is 0.0512. The fourth-order valence-electron chi connectivity index (χ4n) is 0.748. The van der Waals surface area contributed by atoms with Crippen LogP contribution in [-0.2, 0) is 4.74 Å². The number of aliphatic hydroxyl groups excluding tert-OH is 1. The molecule has 0 amide bonds. The second-order valence-electron chi connectivity index (χ2n) is 2.44. The smallest absolute Gasteiger partial charge is 0.378 e. The predicted molar refractivity (Wildman–Crippen MR) is 43.0 cm³/mol. The van der Waals surface area contributed by atoms with Crippen molar-refractivity contribution in [3.05, 3.63) is 11.6 Å². The molecule has 0 aliphatic rings. The Balaban J connectivity index is 2.73. The van der Waals surface area contributed by atoms with Crippen LogP contribution in [0.15, 0.2) is 0 Å². The summed E-state index contributed by atoms with van der Waals surface area (Å²) in [7, 11) is 0. The Labute approximate surface area is 74.9 Å². The van der Waals surface area contributed by atoms with Crippen molar-refractivity contribution in [1.82, 2.24) is 15.2 Å². The number of aliphatic hydroxyl groups is 1. The third-order valence-corrected chi connectivity index (χ3v) is 1.36. The Morgan fingerprint density at radius 2 is 2.46 bits per heavy atom. The molecule has 0 aromatic carbocycles. The van der Waals surface area contributed by atoms with E-state index in [0.717, 1.165) is 0 Å². The first-order valence-corrected chi connectivity index (χ1v) is 3.92. The van der Waals surface area contributed by atoms with Crippen LogP contribution in [0.2, 0.25) is 0 Å². The first kappa shape index (κ1) is 9.66. The van der Waals surface area contributed by atoms with E-state index in [-0.39, 0.29) is 18.3 Å². The first-order chi connectivity index (χ1) is 6.15. The summed E-state index contributed by atoms with van der Waals surface area (Å²) >= 11 is 0. The molecule has 13 heavy (non-hydrogen) atoms. The molecule has 0 aliphatic heterocycles. The highest BCUT2D eigenvalue weighted by atomic mass is 16.5. The van der Waals surface area contributed by atoms with E-state index in [4.69, 9.17) is 5.11 Å². The zero-order chi connectivity index (χ0) is 9.84. The molecule has 0 bridgehead atoms. The molecule has 6 heteroatoms. The van der Waals surface area contributed by atoms with Gasteiger partial charge in [0, 0.05) is 0 Å². The summed E-state index contributed by atoms with van der Waals surface area (Å²) < 4.78 is 4.66. The molecule has 0 unspecified atom stereocenters. The van der Waals surface area contributed by atoms with Crippen LogP contribution >= 0.6 is 0 Å². The minimum absolute atomic E-state index is 0.0576. The van der Waals surface area contributed by atoms with Crippen LogP contribution in [0.1, 0.15) is 36.4 Å². The van der Waals surface area contributed by atoms with Crippen molar-refractivity contribution in [3.8, 4) is 0 Å². The summed E-state index contributed by atoms with van der Waals surface area (Å²) in [6.07, 6.45) is -0.768. The third-order valence-electron chi connectivity index (χ3n) is 1.36. The third kappa shape index (κ3) is 2.25. The van der Waals surface area contributed by atoms with E-state index in [1.54, 1.807) is 6.92 Å². The van der Waals surface area contributed by atoms with Crippen molar-refractivity contribution in [1.29, 1.82) is 0 Å². The number of nitrogens with zero attached hydrogens (tertiary/aromatic N) is 2. The molecule has 0 saturated heterocycles. The molecule has 1 rings (SSSR count). The molecule has 0 spiro atoms. The number of carbonyl (C=O) groups excluding carboxylic acids is 1. The predicted octanol–water partition coefficient (Wildman–Crippen LogP) is 0.0347. The Hall–Kier alpha value is -1.43. The van der Waals surface area contributed by atoms with E-state index in [2.05, 4.69) is 19.9 Å². The number of nitrogens with one attached hydrogen (secondary N) is 1. The number of H-pyrrole nitrogens is 1. The van der Waals surface area contributed by atoms with Gasteiger partial charge in [-0.3, -0.25) is 5.10 Å². The molecule has 72 valence electrons. The van der Waals surface area contributed by atoms with Gasteiger partial charge in [-0.1, -0.05) is 0 Å². The molecule has 0 aliphatic carbocycles. The van der Waals surface area contributed by atoms with Crippen LogP contribution in [0, 0.1) is 0 Å². The van der Waals surface area contributed by atoms with E-state index in [9.17, 15) is 4.79 Å². The van der Waals surface area contributed by atoms with Crippen LogP contribution in [0.25, 0.3) is 0 Å². The number of rotatable bonds is 3. The van der Waals surface area contributed by atoms with Gasteiger partial charge < -0.3 is 9.84 Å². The maximum Gasteiger partial charge on any atom is 0.378 e. The van der Waals surface area contributed by atoms with Crippen LogP contribution in [0.3, 0.4) is 0 Å². The fourth-order valence-corrected chi connectivity index (χ4v) is 0.748. The van der Waals surface area contributed by atoms with Gasteiger partial charge in [0.05, 0.1) is 6.61 Å². The van der Waals surface area contributed by atoms with Crippen LogP contribution in [0.5, 0.6) is 0 Å². The van der Waals surface area contributed by atoms with Gasteiger partial charge in [0.2, 0.25) is 0 Å². The average molecular weight is 185 g/mol. The topological polar surface area (TPSA) is 88.1 Å². The monoisotopic (exact) mass is 185 g/mol. The molecule has 1 heterocycles. The quantitative estimate of drug-likeness (QED) is 0.649. The van der Waals surface area contributed by atoms with Gasteiger partial charge in [-0.15, -0.1) is 5.10 Å². The Morgan fingerprint density at radius 1 is 1.77 bits per heavy atom. The lowest BCUT2D eigenvalue weighted by Gasteiger charge is -1.95. The van der Waals surface area contributed by atoms with Crippen molar-refractivity contribution in [2.75, 3.05) is 6.61 Å². The molecule has 2 N–H and O–H groups in total. The summed E-state index contributed by atoms with van der Waals surface area (Å²) in [5.74, 6) is -0.397. The molecule has 6 nitrogen and oxygen atoms in total. The van der Waals surface area contributed by atoms with Gasteiger partial charge in [0.1, 0.15) is 6.10 Å². The van der Waals surface area contributed by atoms with Gasteiger partial charge >= 0.3 is 5.97 Å². The van der Waals surface area contributed by atoms with E-state index in [1.165, 1.54) is 6.92 Å². The lowest BCUT2D eigenvalue weighted by atomic mass is 10.4. The highest BCUT2D eigenvalue weighted by Gasteiger charge is 2.14. The van der Waals surface area contributed by atoms with Gasteiger partial charge in [-0.05, 0) is 13.8 Å².